The Morgan fingerprint density at radius 3 is 2.16 bits per heavy atom. The molecule has 4 aromatic rings. The van der Waals surface area contributed by atoms with Crippen LogP contribution in [0, 0.1) is 26.7 Å². The molecule has 1 amide bonds. The molecule has 6 nitrogen and oxygen atoms in total. The van der Waals surface area contributed by atoms with Crippen molar-refractivity contribution in [3.8, 4) is 17.2 Å². The third-order valence-electron chi connectivity index (χ3n) is 7.15. The summed E-state index contributed by atoms with van der Waals surface area (Å²) in [5.41, 5.74) is 6.52. The normalized spacial score (nSPS) is 11.7. The summed E-state index contributed by atoms with van der Waals surface area (Å²) in [6, 6.07) is 27.0. The Kier molecular flexibility index (Phi) is 10.6. The molecule has 6 heteroatoms. The number of hydrogen-bond donors (Lipinski definition) is 2. The molecular formula is C37H41NO5. The second kappa shape index (κ2) is 14.5. The van der Waals surface area contributed by atoms with Crippen LogP contribution in [0.5, 0.6) is 17.2 Å². The molecule has 224 valence electrons. The zero-order valence-corrected chi connectivity index (χ0v) is 25.6. The number of aliphatic carboxylic acids is 1. The van der Waals surface area contributed by atoms with E-state index in [1.165, 1.54) is 0 Å². The van der Waals surface area contributed by atoms with Gasteiger partial charge in [-0.25, -0.2) is 0 Å². The quantitative estimate of drug-likeness (QED) is 0.166. The molecule has 43 heavy (non-hydrogen) atoms. The van der Waals surface area contributed by atoms with E-state index in [1.807, 2.05) is 55.5 Å². The maximum Gasteiger partial charge on any atom is 0.303 e. The Morgan fingerprint density at radius 2 is 1.49 bits per heavy atom. The first kappa shape index (κ1) is 31.4. The van der Waals surface area contributed by atoms with Gasteiger partial charge in [0.2, 0.25) is 0 Å². The van der Waals surface area contributed by atoms with Crippen LogP contribution >= 0.6 is 0 Å². The number of aryl methyl sites for hydroxylation is 4. The summed E-state index contributed by atoms with van der Waals surface area (Å²) in [6.07, 6.45) is 0.951. The number of nitrogens with one attached hydrogen (secondary N) is 1. The number of benzene rings is 4. The van der Waals surface area contributed by atoms with Crippen LogP contribution in [-0.2, 0) is 17.8 Å². The van der Waals surface area contributed by atoms with Gasteiger partial charge in [0.25, 0.3) is 5.91 Å². The highest BCUT2D eigenvalue weighted by atomic mass is 16.5. The third kappa shape index (κ3) is 9.47. The molecule has 0 heterocycles. The van der Waals surface area contributed by atoms with Crippen molar-refractivity contribution >= 4 is 11.9 Å². The summed E-state index contributed by atoms with van der Waals surface area (Å²) in [6.45, 7) is 10.7. The largest absolute Gasteiger partial charge is 0.489 e. The van der Waals surface area contributed by atoms with Crippen LogP contribution < -0.4 is 14.8 Å². The average molecular weight is 580 g/mol. The van der Waals surface area contributed by atoms with Crippen LogP contribution in [-0.4, -0.2) is 17.0 Å². The Hall–Kier alpha value is -4.58. The molecule has 2 N–H and O–H groups in total. The molecule has 1 atom stereocenters. The van der Waals surface area contributed by atoms with Gasteiger partial charge in [0, 0.05) is 12.0 Å². The molecule has 0 spiro atoms. The standard InChI is InChI=1S/C37H41NO5/c1-24(2)17-35(30-19-26(4)18-27(5)20-30)38-37(41)34-22-32(15-11-29(34)12-16-36(39)40)42-23-28-7-6-8-33(21-28)43-31-13-9-25(3)10-14-31/h6-11,13-15,18-22,24,35H,12,16-17,23H2,1-5H3,(H,38,41)(H,39,40). The van der Waals surface area contributed by atoms with Gasteiger partial charge < -0.3 is 19.9 Å². The van der Waals surface area contributed by atoms with E-state index < -0.39 is 5.97 Å². The molecule has 0 aromatic heterocycles. The minimum Gasteiger partial charge on any atom is -0.489 e. The molecule has 0 saturated heterocycles. The molecule has 0 saturated carbocycles. The number of rotatable bonds is 13. The molecule has 0 aliphatic rings. The van der Waals surface area contributed by atoms with Gasteiger partial charge in [-0.15, -0.1) is 0 Å². The Balaban J connectivity index is 1.54. The van der Waals surface area contributed by atoms with Crippen molar-refractivity contribution in [3.05, 3.63) is 124 Å². The maximum atomic E-state index is 13.8. The number of carbonyl (C=O) groups is 2. The number of hydrogen-bond acceptors (Lipinski definition) is 4. The summed E-state index contributed by atoms with van der Waals surface area (Å²) in [5.74, 6) is 1.19. The molecule has 0 aliphatic carbocycles. The SMILES string of the molecule is Cc1ccc(Oc2cccc(COc3ccc(CCC(=O)O)c(C(=O)NC(CC(C)C)c4cc(C)cc(C)c4)c3)c2)cc1. The van der Waals surface area contributed by atoms with Crippen molar-refractivity contribution in [2.75, 3.05) is 0 Å². The maximum absolute atomic E-state index is 13.8. The highest BCUT2D eigenvalue weighted by molar-refractivity contribution is 5.96. The summed E-state index contributed by atoms with van der Waals surface area (Å²) < 4.78 is 12.1. The third-order valence-corrected chi connectivity index (χ3v) is 7.15. The van der Waals surface area contributed by atoms with Gasteiger partial charge >= 0.3 is 5.97 Å². The van der Waals surface area contributed by atoms with Crippen molar-refractivity contribution < 1.29 is 24.2 Å². The van der Waals surface area contributed by atoms with Crippen LogP contribution in [0.3, 0.4) is 0 Å². The van der Waals surface area contributed by atoms with Crippen molar-refractivity contribution in [1.29, 1.82) is 0 Å². The molecule has 0 fully saturated rings. The van der Waals surface area contributed by atoms with E-state index in [1.54, 1.807) is 18.2 Å². The van der Waals surface area contributed by atoms with Crippen molar-refractivity contribution in [2.24, 2.45) is 5.92 Å². The van der Waals surface area contributed by atoms with Gasteiger partial charge in [0.05, 0.1) is 6.04 Å². The summed E-state index contributed by atoms with van der Waals surface area (Å²) >= 11 is 0. The monoisotopic (exact) mass is 579 g/mol. The van der Waals surface area contributed by atoms with Gasteiger partial charge in [-0.1, -0.05) is 79.1 Å². The molecule has 1 unspecified atom stereocenters. The molecule has 0 radical (unpaired) electrons. The molecule has 0 aliphatic heterocycles. The van der Waals surface area contributed by atoms with E-state index >= 15 is 0 Å². The molecule has 4 aromatic carbocycles. The van der Waals surface area contributed by atoms with Gasteiger partial charge in [0.1, 0.15) is 23.9 Å². The van der Waals surface area contributed by atoms with Gasteiger partial charge in [-0.3, -0.25) is 9.59 Å². The first-order chi connectivity index (χ1) is 20.5. The first-order valence-electron chi connectivity index (χ1n) is 14.8. The minimum absolute atomic E-state index is 0.0687. The fourth-order valence-corrected chi connectivity index (χ4v) is 5.12. The Morgan fingerprint density at radius 1 is 0.791 bits per heavy atom. The van der Waals surface area contributed by atoms with Gasteiger partial charge in [-0.05, 0) is 92.6 Å². The van der Waals surface area contributed by atoms with Crippen molar-refractivity contribution in [3.63, 3.8) is 0 Å². The summed E-state index contributed by atoms with van der Waals surface area (Å²) in [5, 5.41) is 12.5. The van der Waals surface area contributed by atoms with Crippen LogP contribution in [0.4, 0.5) is 0 Å². The van der Waals surface area contributed by atoms with Crippen LogP contribution in [0.25, 0.3) is 0 Å². The second-order valence-corrected chi connectivity index (χ2v) is 11.6. The zero-order chi connectivity index (χ0) is 30.9. The smallest absolute Gasteiger partial charge is 0.303 e. The van der Waals surface area contributed by atoms with E-state index in [0.29, 0.717) is 28.5 Å². The predicted molar refractivity (Wildman–Crippen MR) is 170 cm³/mol. The fourth-order valence-electron chi connectivity index (χ4n) is 5.12. The number of carboxylic acid groups (broad SMARTS) is 1. The zero-order valence-electron chi connectivity index (χ0n) is 25.6. The topological polar surface area (TPSA) is 84.9 Å². The first-order valence-corrected chi connectivity index (χ1v) is 14.8. The average Bonchev–Trinajstić information content (AvgIpc) is 2.95. The molecule has 4 rings (SSSR count). The van der Waals surface area contributed by atoms with E-state index in [0.717, 1.165) is 40.0 Å². The highest BCUT2D eigenvalue weighted by Gasteiger charge is 2.21. The van der Waals surface area contributed by atoms with E-state index in [2.05, 4.69) is 51.2 Å². The summed E-state index contributed by atoms with van der Waals surface area (Å²) in [7, 11) is 0. The second-order valence-electron chi connectivity index (χ2n) is 11.6. The van der Waals surface area contributed by atoms with E-state index in [4.69, 9.17) is 9.47 Å². The number of amides is 1. The van der Waals surface area contributed by atoms with Gasteiger partial charge in [-0.2, -0.15) is 0 Å². The van der Waals surface area contributed by atoms with E-state index in [9.17, 15) is 14.7 Å². The Labute approximate surface area is 254 Å². The number of carboxylic acids is 1. The predicted octanol–water partition coefficient (Wildman–Crippen LogP) is 8.52. The van der Waals surface area contributed by atoms with Crippen LogP contribution in [0.1, 0.15) is 76.5 Å². The van der Waals surface area contributed by atoms with Crippen molar-refractivity contribution in [2.45, 2.75) is 66.5 Å². The van der Waals surface area contributed by atoms with Crippen LogP contribution in [0.15, 0.2) is 84.9 Å². The highest BCUT2D eigenvalue weighted by Crippen LogP contribution is 2.27. The fraction of sp³-hybridized carbons (Fsp3) is 0.297. The molecular weight excluding hydrogens is 538 g/mol. The van der Waals surface area contributed by atoms with Crippen LogP contribution in [0.2, 0.25) is 0 Å². The summed E-state index contributed by atoms with van der Waals surface area (Å²) in [4.78, 5) is 25.1. The number of ether oxygens (including phenoxy) is 2. The lowest BCUT2D eigenvalue weighted by atomic mass is 9.93. The lowest BCUT2D eigenvalue weighted by Gasteiger charge is -2.23. The Bertz CT molecular complexity index is 1540. The minimum atomic E-state index is -0.910. The lowest BCUT2D eigenvalue weighted by Crippen LogP contribution is -2.30. The number of carbonyl (C=O) groups excluding carboxylic acids is 1. The van der Waals surface area contributed by atoms with E-state index in [-0.39, 0.29) is 31.4 Å². The van der Waals surface area contributed by atoms with Gasteiger partial charge in [0.15, 0.2) is 0 Å². The molecule has 0 bridgehead atoms. The van der Waals surface area contributed by atoms with Crippen molar-refractivity contribution in [1.82, 2.24) is 5.32 Å². The lowest BCUT2D eigenvalue weighted by molar-refractivity contribution is -0.136.